The van der Waals surface area contributed by atoms with Gasteiger partial charge in [0.2, 0.25) is 0 Å². The minimum absolute atomic E-state index is 0.0134. The van der Waals surface area contributed by atoms with Gasteiger partial charge >= 0.3 is 0 Å². The zero-order valence-corrected chi connectivity index (χ0v) is 12.0. The van der Waals surface area contributed by atoms with Crippen LogP contribution < -0.4 is 0 Å². The van der Waals surface area contributed by atoms with Gasteiger partial charge in [-0.2, -0.15) is 0 Å². The number of aromatic nitrogens is 1. The van der Waals surface area contributed by atoms with Crippen molar-refractivity contribution in [3.05, 3.63) is 28.0 Å². The number of likely N-dealkylation sites (tertiary alicyclic amines) is 1. The lowest BCUT2D eigenvalue weighted by Crippen LogP contribution is -2.42. The second kappa shape index (κ2) is 6.55. The van der Waals surface area contributed by atoms with Crippen LogP contribution in [0.4, 0.5) is 0 Å². The topological polar surface area (TPSA) is 53.4 Å². The van der Waals surface area contributed by atoms with Crippen LogP contribution in [0.25, 0.3) is 0 Å². The molecule has 1 aromatic rings. The maximum Gasteiger partial charge on any atom is 0.255 e. The lowest BCUT2D eigenvalue weighted by atomic mass is 10.1. The zero-order chi connectivity index (χ0) is 13.8. The van der Waals surface area contributed by atoms with Gasteiger partial charge in [0.1, 0.15) is 5.15 Å². The highest BCUT2D eigenvalue weighted by Gasteiger charge is 2.26. The predicted molar refractivity (Wildman–Crippen MR) is 74.6 cm³/mol. The monoisotopic (exact) mass is 302 g/mol. The number of aliphatic hydroxyl groups is 1. The molecule has 0 radical (unpaired) electrons. The smallest absolute Gasteiger partial charge is 0.255 e. The molecule has 1 N–H and O–H groups in total. The molecular formula is C13H16Cl2N2O2. The van der Waals surface area contributed by atoms with Crippen molar-refractivity contribution in [2.24, 2.45) is 0 Å². The first-order valence-electron chi connectivity index (χ1n) is 6.36. The lowest BCUT2D eigenvalue weighted by molar-refractivity contribution is 0.0599. The number of nitrogens with zero attached hydrogens (tertiary/aromatic N) is 2. The fraction of sp³-hybridized carbons (Fsp3) is 0.538. The van der Waals surface area contributed by atoms with E-state index >= 15 is 0 Å². The molecule has 6 heteroatoms. The molecule has 0 saturated carbocycles. The minimum atomic E-state index is -0.146. The molecule has 1 aliphatic rings. The van der Waals surface area contributed by atoms with Gasteiger partial charge in [-0.05, 0) is 18.9 Å². The van der Waals surface area contributed by atoms with E-state index in [1.807, 2.05) is 0 Å². The Kier molecular flexibility index (Phi) is 5.02. The zero-order valence-electron chi connectivity index (χ0n) is 10.5. The van der Waals surface area contributed by atoms with Gasteiger partial charge < -0.3 is 10.0 Å². The molecule has 4 nitrogen and oxygen atoms in total. The first kappa shape index (κ1) is 14.6. The molecular weight excluding hydrogens is 287 g/mol. The lowest BCUT2D eigenvalue weighted by Gasteiger charge is -2.28. The Bertz CT molecular complexity index is 468. The second-order valence-corrected chi connectivity index (χ2v) is 5.45. The Morgan fingerprint density at radius 2 is 2.21 bits per heavy atom. The number of amides is 1. The molecule has 1 aromatic heterocycles. The van der Waals surface area contributed by atoms with E-state index in [9.17, 15) is 9.90 Å². The van der Waals surface area contributed by atoms with Crippen molar-refractivity contribution < 1.29 is 9.90 Å². The van der Waals surface area contributed by atoms with Crippen LogP contribution in [0.15, 0.2) is 12.3 Å². The normalized spacial score (nSPS) is 20.2. The maximum absolute atomic E-state index is 12.5. The number of rotatable bonds is 2. The van der Waals surface area contributed by atoms with Crippen LogP contribution >= 0.6 is 23.2 Å². The Hall–Kier alpha value is -0.840. The molecule has 19 heavy (non-hydrogen) atoms. The van der Waals surface area contributed by atoms with E-state index in [1.165, 1.54) is 12.3 Å². The van der Waals surface area contributed by atoms with Gasteiger partial charge in [-0.15, -0.1) is 0 Å². The Labute approximate surface area is 122 Å². The Balaban J connectivity index is 2.22. The number of aliphatic hydroxyl groups excluding tert-OH is 1. The molecule has 1 atom stereocenters. The van der Waals surface area contributed by atoms with E-state index in [4.69, 9.17) is 23.2 Å². The number of carbonyl (C=O) groups is 1. The molecule has 1 fully saturated rings. The molecule has 0 aromatic carbocycles. The van der Waals surface area contributed by atoms with Gasteiger partial charge in [0.15, 0.2) is 0 Å². The van der Waals surface area contributed by atoms with Crippen molar-refractivity contribution in [3.63, 3.8) is 0 Å². The average molecular weight is 303 g/mol. The summed E-state index contributed by atoms with van der Waals surface area (Å²) in [5.41, 5.74) is 0.412. The van der Waals surface area contributed by atoms with Crippen LogP contribution in [-0.2, 0) is 0 Å². The Morgan fingerprint density at radius 3 is 2.89 bits per heavy atom. The van der Waals surface area contributed by atoms with Crippen molar-refractivity contribution in [2.75, 3.05) is 13.2 Å². The molecule has 104 valence electrons. The van der Waals surface area contributed by atoms with Crippen LogP contribution in [0.2, 0.25) is 10.2 Å². The van der Waals surface area contributed by atoms with E-state index < -0.39 is 0 Å². The summed E-state index contributed by atoms with van der Waals surface area (Å²) in [4.78, 5) is 18.1. The van der Waals surface area contributed by atoms with Gasteiger partial charge in [0, 0.05) is 12.7 Å². The highest BCUT2D eigenvalue weighted by atomic mass is 35.5. The van der Waals surface area contributed by atoms with Crippen LogP contribution in [0.5, 0.6) is 0 Å². The third-order valence-corrected chi connectivity index (χ3v) is 4.08. The molecule has 1 saturated heterocycles. The number of halogens is 2. The number of carbonyl (C=O) groups excluding carboxylic acids is 1. The summed E-state index contributed by atoms with van der Waals surface area (Å²) in [6.45, 7) is 0.644. The first-order valence-corrected chi connectivity index (χ1v) is 7.12. The van der Waals surface area contributed by atoms with Crippen LogP contribution in [0.1, 0.15) is 36.0 Å². The highest BCUT2D eigenvalue weighted by Crippen LogP contribution is 2.23. The van der Waals surface area contributed by atoms with Gasteiger partial charge in [-0.25, -0.2) is 4.98 Å². The van der Waals surface area contributed by atoms with E-state index in [1.54, 1.807) is 4.90 Å². The van der Waals surface area contributed by atoms with E-state index in [2.05, 4.69) is 4.98 Å². The summed E-state index contributed by atoms with van der Waals surface area (Å²) in [5, 5.41) is 9.88. The fourth-order valence-electron chi connectivity index (χ4n) is 2.34. The predicted octanol–water partition coefficient (Wildman–Crippen LogP) is 2.77. The Morgan fingerprint density at radius 1 is 1.42 bits per heavy atom. The van der Waals surface area contributed by atoms with Gasteiger partial charge in [0.25, 0.3) is 5.91 Å². The maximum atomic E-state index is 12.5. The van der Waals surface area contributed by atoms with Crippen molar-refractivity contribution in [3.8, 4) is 0 Å². The molecule has 1 unspecified atom stereocenters. The quantitative estimate of drug-likeness (QED) is 0.855. The van der Waals surface area contributed by atoms with Crippen LogP contribution in [0, 0.1) is 0 Å². The van der Waals surface area contributed by atoms with Crippen molar-refractivity contribution in [1.29, 1.82) is 0 Å². The largest absolute Gasteiger partial charge is 0.394 e. The molecule has 2 rings (SSSR count). The molecule has 0 bridgehead atoms. The molecule has 0 spiro atoms. The standard InChI is InChI=1S/C13H16Cl2N2O2/c14-11-6-9(7-16-12(11)15)13(19)17-5-3-1-2-4-10(17)8-18/h6-7,10,18H,1-5,8H2. The van der Waals surface area contributed by atoms with E-state index in [-0.39, 0.29) is 28.7 Å². The minimum Gasteiger partial charge on any atom is -0.394 e. The summed E-state index contributed by atoms with van der Waals surface area (Å²) in [6.07, 6.45) is 5.33. The van der Waals surface area contributed by atoms with Crippen LogP contribution in [0.3, 0.4) is 0 Å². The summed E-state index contributed by atoms with van der Waals surface area (Å²) in [5.74, 6) is -0.146. The number of hydrogen-bond acceptors (Lipinski definition) is 3. The summed E-state index contributed by atoms with van der Waals surface area (Å²) in [6, 6.07) is 1.41. The van der Waals surface area contributed by atoms with Crippen molar-refractivity contribution in [1.82, 2.24) is 9.88 Å². The van der Waals surface area contributed by atoms with E-state index in [0.29, 0.717) is 12.1 Å². The number of hydrogen-bond donors (Lipinski definition) is 1. The molecule has 0 aliphatic carbocycles. The molecule has 1 amide bonds. The highest BCUT2D eigenvalue weighted by molar-refractivity contribution is 6.41. The van der Waals surface area contributed by atoms with Crippen LogP contribution in [-0.4, -0.2) is 40.1 Å². The second-order valence-electron chi connectivity index (χ2n) is 4.68. The third kappa shape index (κ3) is 3.38. The summed E-state index contributed by atoms with van der Waals surface area (Å²) >= 11 is 11.6. The van der Waals surface area contributed by atoms with Gasteiger partial charge in [-0.1, -0.05) is 36.0 Å². The van der Waals surface area contributed by atoms with Gasteiger partial charge in [0.05, 0.1) is 23.2 Å². The molecule has 1 aliphatic heterocycles. The third-order valence-electron chi connectivity index (χ3n) is 3.39. The SMILES string of the molecule is O=C(c1cnc(Cl)c(Cl)c1)N1CCCCCC1CO. The summed E-state index contributed by atoms with van der Waals surface area (Å²) in [7, 11) is 0. The fourth-order valence-corrected chi connectivity index (χ4v) is 2.61. The van der Waals surface area contributed by atoms with Crippen molar-refractivity contribution in [2.45, 2.75) is 31.7 Å². The van der Waals surface area contributed by atoms with Crippen molar-refractivity contribution >= 4 is 29.1 Å². The van der Waals surface area contributed by atoms with Gasteiger partial charge in [-0.3, -0.25) is 4.79 Å². The first-order chi connectivity index (χ1) is 9.13. The number of pyridine rings is 1. The molecule has 2 heterocycles. The van der Waals surface area contributed by atoms with E-state index in [0.717, 1.165) is 25.7 Å². The average Bonchev–Trinajstić information content (AvgIpc) is 2.66. The summed E-state index contributed by atoms with van der Waals surface area (Å²) < 4.78 is 0.